The lowest BCUT2D eigenvalue weighted by molar-refractivity contribution is -0.383. The van der Waals surface area contributed by atoms with E-state index >= 15 is 0 Å². The number of amides is 2. The minimum absolute atomic E-state index is 0.106. The smallest absolute Gasteiger partial charge is 0.319 e. The Morgan fingerprint density at radius 1 is 1.29 bits per heavy atom. The topological polar surface area (TPSA) is 87.5 Å². The predicted molar refractivity (Wildman–Crippen MR) is 94.2 cm³/mol. The summed E-state index contributed by atoms with van der Waals surface area (Å²) >= 11 is 0. The summed E-state index contributed by atoms with van der Waals surface area (Å²) < 4.78 is 0. The minimum atomic E-state index is -0.499. The van der Waals surface area contributed by atoms with Crippen LogP contribution in [-0.4, -0.2) is 41.5 Å². The van der Waals surface area contributed by atoms with Crippen LogP contribution in [0.1, 0.15) is 33.1 Å². The Morgan fingerprint density at radius 3 is 2.58 bits per heavy atom. The van der Waals surface area contributed by atoms with E-state index in [-0.39, 0.29) is 11.4 Å². The van der Waals surface area contributed by atoms with Gasteiger partial charge in [0.2, 0.25) is 0 Å². The van der Waals surface area contributed by atoms with Crippen LogP contribution in [0.3, 0.4) is 0 Å². The van der Waals surface area contributed by atoms with Crippen molar-refractivity contribution < 1.29 is 9.72 Å². The number of rotatable bonds is 7. The number of nitrogens with one attached hydrogen (secondary N) is 2. The molecule has 1 saturated heterocycles. The number of carbonyl (C=O) groups excluding carboxylic acids is 1. The number of carbonyl (C=O) groups is 1. The van der Waals surface area contributed by atoms with Crippen LogP contribution in [-0.2, 0) is 0 Å². The fourth-order valence-electron chi connectivity index (χ4n) is 3.13. The summed E-state index contributed by atoms with van der Waals surface area (Å²) in [5, 5.41) is 16.4. The van der Waals surface area contributed by atoms with Crippen molar-refractivity contribution in [2.45, 2.75) is 39.2 Å². The molecule has 2 rings (SSSR count). The van der Waals surface area contributed by atoms with Gasteiger partial charge in [0, 0.05) is 18.7 Å². The standard InChI is InChI=1S/C17H26N4O3/c1-13(2)11-14(20-9-5-6-10-20)12-18-17(22)19-15-7-3-4-8-16(15)21(23)24/h3-4,7-8,13-14H,5-6,9-12H2,1-2H3,(H2,18,19,22)/t14-/m1/s1. The zero-order valence-electron chi connectivity index (χ0n) is 14.3. The molecule has 7 heteroatoms. The Morgan fingerprint density at radius 2 is 1.96 bits per heavy atom. The van der Waals surface area contributed by atoms with Gasteiger partial charge in [-0.3, -0.25) is 15.0 Å². The molecule has 0 aromatic heterocycles. The van der Waals surface area contributed by atoms with E-state index in [9.17, 15) is 14.9 Å². The zero-order valence-corrected chi connectivity index (χ0v) is 14.3. The molecule has 0 bridgehead atoms. The van der Waals surface area contributed by atoms with Gasteiger partial charge in [-0.25, -0.2) is 4.79 Å². The molecule has 2 N–H and O–H groups in total. The van der Waals surface area contributed by atoms with Gasteiger partial charge in [0.1, 0.15) is 5.69 Å². The van der Waals surface area contributed by atoms with Gasteiger partial charge < -0.3 is 10.6 Å². The van der Waals surface area contributed by atoms with E-state index < -0.39 is 11.0 Å². The van der Waals surface area contributed by atoms with Crippen LogP contribution < -0.4 is 10.6 Å². The van der Waals surface area contributed by atoms with Gasteiger partial charge in [-0.15, -0.1) is 0 Å². The predicted octanol–water partition coefficient (Wildman–Crippen LogP) is 3.23. The Bertz CT molecular complexity index is 571. The maximum atomic E-state index is 12.1. The van der Waals surface area contributed by atoms with Crippen molar-refractivity contribution in [3.63, 3.8) is 0 Å². The lowest BCUT2D eigenvalue weighted by Crippen LogP contribution is -2.44. The minimum Gasteiger partial charge on any atom is -0.336 e. The second kappa shape index (κ2) is 8.63. The average Bonchev–Trinajstić information content (AvgIpc) is 3.05. The molecule has 24 heavy (non-hydrogen) atoms. The van der Waals surface area contributed by atoms with Crippen LogP contribution >= 0.6 is 0 Å². The number of anilines is 1. The Hall–Kier alpha value is -2.15. The molecule has 7 nitrogen and oxygen atoms in total. The van der Waals surface area contributed by atoms with Crippen molar-refractivity contribution >= 4 is 17.4 Å². The van der Waals surface area contributed by atoms with Crippen LogP contribution in [0.5, 0.6) is 0 Å². The van der Waals surface area contributed by atoms with Crippen molar-refractivity contribution in [1.82, 2.24) is 10.2 Å². The molecule has 2 amide bonds. The Balaban J connectivity index is 1.92. The van der Waals surface area contributed by atoms with Crippen molar-refractivity contribution in [2.24, 2.45) is 5.92 Å². The van der Waals surface area contributed by atoms with Gasteiger partial charge in [0.15, 0.2) is 0 Å². The highest BCUT2D eigenvalue weighted by Crippen LogP contribution is 2.23. The molecular weight excluding hydrogens is 308 g/mol. The van der Waals surface area contributed by atoms with Gasteiger partial charge in [0.05, 0.1) is 4.92 Å². The highest BCUT2D eigenvalue weighted by atomic mass is 16.6. The van der Waals surface area contributed by atoms with E-state index in [1.807, 2.05) is 0 Å². The van der Waals surface area contributed by atoms with Gasteiger partial charge in [0.25, 0.3) is 5.69 Å². The van der Waals surface area contributed by atoms with Crippen LogP contribution in [0.25, 0.3) is 0 Å². The average molecular weight is 334 g/mol. The summed E-state index contributed by atoms with van der Waals surface area (Å²) in [5.41, 5.74) is 0.104. The molecule has 1 fully saturated rings. The highest BCUT2D eigenvalue weighted by Gasteiger charge is 2.23. The second-order valence-corrected chi connectivity index (χ2v) is 6.64. The maximum absolute atomic E-state index is 12.1. The summed E-state index contributed by atoms with van der Waals surface area (Å²) in [4.78, 5) is 25.0. The number of hydrogen-bond acceptors (Lipinski definition) is 4. The Labute approximate surface area is 142 Å². The molecule has 132 valence electrons. The summed E-state index contributed by atoms with van der Waals surface area (Å²) in [6.45, 7) is 7.05. The van der Waals surface area contributed by atoms with Crippen LogP contribution in [0.4, 0.5) is 16.2 Å². The molecule has 0 spiro atoms. The number of hydrogen-bond donors (Lipinski definition) is 2. The zero-order chi connectivity index (χ0) is 17.5. The molecule has 1 aromatic carbocycles. The molecule has 1 aromatic rings. The van der Waals surface area contributed by atoms with Gasteiger partial charge >= 0.3 is 6.03 Å². The van der Waals surface area contributed by atoms with Crippen LogP contribution in [0.15, 0.2) is 24.3 Å². The van der Waals surface area contributed by atoms with E-state index in [1.54, 1.807) is 12.1 Å². The third-order valence-electron chi connectivity index (χ3n) is 4.25. The first-order valence-corrected chi connectivity index (χ1v) is 8.49. The van der Waals surface area contributed by atoms with Gasteiger partial charge in [-0.05, 0) is 44.3 Å². The fraction of sp³-hybridized carbons (Fsp3) is 0.588. The normalized spacial score (nSPS) is 16.1. The van der Waals surface area contributed by atoms with E-state index in [2.05, 4.69) is 29.4 Å². The fourth-order valence-corrected chi connectivity index (χ4v) is 3.13. The molecule has 1 atom stereocenters. The van der Waals surface area contributed by atoms with Crippen LogP contribution in [0.2, 0.25) is 0 Å². The lowest BCUT2D eigenvalue weighted by Gasteiger charge is -2.29. The SMILES string of the molecule is CC(C)C[C@H](CNC(=O)Nc1ccccc1[N+](=O)[O-])N1CCCC1. The van der Waals surface area contributed by atoms with E-state index in [0.717, 1.165) is 19.5 Å². The summed E-state index contributed by atoms with van der Waals surface area (Å²) in [7, 11) is 0. The molecular formula is C17H26N4O3. The summed E-state index contributed by atoms with van der Waals surface area (Å²) in [5.74, 6) is 0.552. The molecule has 1 aliphatic rings. The van der Waals surface area contributed by atoms with Gasteiger partial charge in [-0.2, -0.15) is 0 Å². The second-order valence-electron chi connectivity index (χ2n) is 6.64. The number of urea groups is 1. The van der Waals surface area contributed by atoms with E-state index in [4.69, 9.17) is 0 Å². The van der Waals surface area contributed by atoms with Crippen molar-refractivity contribution in [3.05, 3.63) is 34.4 Å². The monoisotopic (exact) mass is 334 g/mol. The lowest BCUT2D eigenvalue weighted by atomic mass is 10.0. The largest absolute Gasteiger partial charge is 0.336 e. The maximum Gasteiger partial charge on any atom is 0.319 e. The molecule has 0 aliphatic carbocycles. The number of nitro benzene ring substituents is 1. The van der Waals surface area contributed by atoms with Crippen molar-refractivity contribution in [2.75, 3.05) is 25.0 Å². The van der Waals surface area contributed by atoms with Crippen molar-refractivity contribution in [3.8, 4) is 0 Å². The molecule has 0 saturated carbocycles. The third kappa shape index (κ3) is 5.19. The quantitative estimate of drug-likeness (QED) is 0.592. The first-order chi connectivity index (χ1) is 11.5. The van der Waals surface area contributed by atoms with E-state index in [1.165, 1.54) is 25.0 Å². The molecule has 1 aliphatic heterocycles. The first-order valence-electron chi connectivity index (χ1n) is 8.49. The van der Waals surface area contributed by atoms with Crippen LogP contribution in [0, 0.1) is 16.0 Å². The molecule has 1 heterocycles. The number of nitrogens with zero attached hydrogens (tertiary/aromatic N) is 2. The molecule has 0 unspecified atom stereocenters. The van der Waals surface area contributed by atoms with Crippen molar-refractivity contribution in [1.29, 1.82) is 0 Å². The highest BCUT2D eigenvalue weighted by molar-refractivity contribution is 5.91. The Kier molecular flexibility index (Phi) is 6.54. The van der Waals surface area contributed by atoms with Gasteiger partial charge in [-0.1, -0.05) is 26.0 Å². The third-order valence-corrected chi connectivity index (χ3v) is 4.25. The first kappa shape index (κ1) is 18.2. The number of benzene rings is 1. The number of nitro groups is 1. The summed E-state index contributed by atoms with van der Waals surface area (Å²) in [6, 6.07) is 6.05. The summed E-state index contributed by atoms with van der Waals surface area (Å²) in [6.07, 6.45) is 3.43. The van der Waals surface area contributed by atoms with E-state index in [0.29, 0.717) is 18.5 Å². The number of para-hydroxylation sites is 2. The molecule has 0 radical (unpaired) electrons. The number of likely N-dealkylation sites (tertiary alicyclic amines) is 1.